The molecule has 0 bridgehead atoms. The summed E-state index contributed by atoms with van der Waals surface area (Å²) in [4.78, 5) is 2.13. The molecule has 0 radical (unpaired) electrons. The molecule has 2 rings (SSSR count). The normalized spacial score (nSPS) is 18.9. The van der Waals surface area contributed by atoms with Crippen LogP contribution in [0.2, 0.25) is 0 Å². The maximum Gasteiger partial charge on any atom is 0.130 e. The van der Waals surface area contributed by atoms with Crippen LogP contribution in [0.3, 0.4) is 0 Å². The molecule has 1 aliphatic heterocycles. The number of rotatable bonds is 3. The molecule has 100 valence electrons. The van der Waals surface area contributed by atoms with Crippen LogP contribution in [0.5, 0.6) is 0 Å². The monoisotopic (exact) mass is 270 g/mol. The van der Waals surface area contributed by atoms with Crippen LogP contribution >= 0.6 is 0 Å². The van der Waals surface area contributed by atoms with Crippen LogP contribution in [-0.2, 0) is 10.8 Å². The molecular formula is C13H19FN2OS. The highest BCUT2D eigenvalue weighted by atomic mass is 32.2. The lowest BCUT2D eigenvalue weighted by atomic mass is 10.0. The van der Waals surface area contributed by atoms with Gasteiger partial charge in [-0.05, 0) is 26.1 Å². The summed E-state index contributed by atoms with van der Waals surface area (Å²) < 4.78 is 25.4. The van der Waals surface area contributed by atoms with E-state index in [0.29, 0.717) is 17.1 Å². The van der Waals surface area contributed by atoms with Crippen LogP contribution in [0.1, 0.15) is 18.5 Å². The fourth-order valence-electron chi connectivity index (χ4n) is 2.25. The van der Waals surface area contributed by atoms with E-state index in [1.807, 2.05) is 20.0 Å². The Balaban J connectivity index is 2.32. The van der Waals surface area contributed by atoms with Gasteiger partial charge in [0.2, 0.25) is 0 Å². The summed E-state index contributed by atoms with van der Waals surface area (Å²) in [5.74, 6) is 1.16. The van der Waals surface area contributed by atoms with E-state index in [2.05, 4.69) is 10.2 Å². The predicted molar refractivity (Wildman–Crippen MR) is 74.0 cm³/mol. The van der Waals surface area contributed by atoms with Gasteiger partial charge in [0.15, 0.2) is 0 Å². The summed E-state index contributed by atoms with van der Waals surface area (Å²) in [6, 6.07) is 5.14. The molecule has 1 N–H and O–H groups in total. The van der Waals surface area contributed by atoms with Crippen LogP contribution in [0.25, 0.3) is 0 Å². The molecule has 1 fully saturated rings. The van der Waals surface area contributed by atoms with E-state index in [-0.39, 0.29) is 11.9 Å². The van der Waals surface area contributed by atoms with Gasteiger partial charge in [-0.15, -0.1) is 0 Å². The summed E-state index contributed by atoms with van der Waals surface area (Å²) in [5.41, 5.74) is 1.63. The van der Waals surface area contributed by atoms with E-state index in [0.717, 1.165) is 18.8 Å². The zero-order valence-corrected chi connectivity index (χ0v) is 11.6. The number of hydrogen-bond donors (Lipinski definition) is 1. The quantitative estimate of drug-likeness (QED) is 0.907. The highest BCUT2D eigenvalue weighted by Gasteiger charge is 2.21. The van der Waals surface area contributed by atoms with Gasteiger partial charge in [0.05, 0.1) is 0 Å². The topological polar surface area (TPSA) is 32.3 Å². The van der Waals surface area contributed by atoms with Crippen molar-refractivity contribution >= 4 is 16.5 Å². The lowest BCUT2D eigenvalue weighted by molar-refractivity contribution is 0.560. The zero-order valence-electron chi connectivity index (χ0n) is 10.8. The zero-order chi connectivity index (χ0) is 13.1. The SMILES string of the molecule is CNC(C)c1c(F)cccc1N1CCS(=O)CC1. The average Bonchev–Trinajstić information content (AvgIpc) is 2.38. The van der Waals surface area contributed by atoms with Crippen LogP contribution < -0.4 is 10.2 Å². The van der Waals surface area contributed by atoms with Crippen LogP contribution in [0, 0.1) is 5.82 Å². The van der Waals surface area contributed by atoms with Crippen molar-refractivity contribution in [3.05, 3.63) is 29.6 Å². The molecule has 0 saturated carbocycles. The van der Waals surface area contributed by atoms with Crippen molar-refractivity contribution < 1.29 is 8.60 Å². The first kappa shape index (κ1) is 13.5. The number of anilines is 1. The average molecular weight is 270 g/mol. The Kier molecular flexibility index (Phi) is 4.35. The Morgan fingerprint density at radius 2 is 2.06 bits per heavy atom. The predicted octanol–water partition coefficient (Wildman–Crippen LogP) is 1.67. The van der Waals surface area contributed by atoms with Gasteiger partial charge >= 0.3 is 0 Å². The minimum atomic E-state index is -0.710. The minimum absolute atomic E-state index is 0.0337. The molecule has 1 aromatic rings. The largest absolute Gasteiger partial charge is 0.369 e. The summed E-state index contributed by atoms with van der Waals surface area (Å²) in [5, 5.41) is 3.08. The van der Waals surface area contributed by atoms with Gasteiger partial charge in [0.25, 0.3) is 0 Å². The Labute approximate surface area is 110 Å². The lowest BCUT2D eigenvalue weighted by Gasteiger charge is -2.31. The Morgan fingerprint density at radius 3 is 2.67 bits per heavy atom. The first-order valence-corrected chi connectivity index (χ1v) is 7.68. The molecule has 0 spiro atoms. The molecule has 0 amide bonds. The molecule has 1 saturated heterocycles. The third-order valence-electron chi connectivity index (χ3n) is 3.41. The fourth-order valence-corrected chi connectivity index (χ4v) is 3.31. The van der Waals surface area contributed by atoms with Gasteiger partial charge in [-0.1, -0.05) is 6.07 Å². The van der Waals surface area contributed by atoms with E-state index in [4.69, 9.17) is 0 Å². The molecule has 18 heavy (non-hydrogen) atoms. The van der Waals surface area contributed by atoms with Crippen molar-refractivity contribution in [2.75, 3.05) is 36.5 Å². The fraction of sp³-hybridized carbons (Fsp3) is 0.538. The van der Waals surface area contributed by atoms with Gasteiger partial charge in [-0.2, -0.15) is 0 Å². The molecule has 1 aromatic carbocycles. The third-order valence-corrected chi connectivity index (χ3v) is 4.69. The molecular weight excluding hydrogens is 251 g/mol. The molecule has 1 heterocycles. The van der Waals surface area contributed by atoms with Gasteiger partial charge in [-0.3, -0.25) is 4.21 Å². The van der Waals surface area contributed by atoms with Gasteiger partial charge in [-0.25, -0.2) is 4.39 Å². The summed E-state index contributed by atoms with van der Waals surface area (Å²) in [6.07, 6.45) is 0. The van der Waals surface area contributed by atoms with E-state index < -0.39 is 10.8 Å². The van der Waals surface area contributed by atoms with Gasteiger partial charge < -0.3 is 10.2 Å². The molecule has 1 unspecified atom stereocenters. The standard InChI is InChI=1S/C13H19FN2OS/c1-10(15-2)13-11(14)4-3-5-12(13)16-6-8-18(17)9-7-16/h3-5,10,15H,6-9H2,1-2H3. The molecule has 0 aromatic heterocycles. The van der Waals surface area contributed by atoms with Crippen LogP contribution in [0.4, 0.5) is 10.1 Å². The van der Waals surface area contributed by atoms with E-state index >= 15 is 0 Å². The van der Waals surface area contributed by atoms with Crippen molar-refractivity contribution in [3.63, 3.8) is 0 Å². The van der Waals surface area contributed by atoms with E-state index in [1.165, 1.54) is 6.07 Å². The second kappa shape index (κ2) is 5.80. The summed E-state index contributed by atoms with van der Waals surface area (Å²) in [6.45, 7) is 3.42. The Bertz CT molecular complexity index is 443. The number of halogens is 1. The molecule has 5 heteroatoms. The number of hydrogen-bond acceptors (Lipinski definition) is 3. The van der Waals surface area contributed by atoms with Crippen molar-refractivity contribution in [2.24, 2.45) is 0 Å². The van der Waals surface area contributed by atoms with E-state index in [1.54, 1.807) is 6.07 Å². The van der Waals surface area contributed by atoms with Crippen molar-refractivity contribution in [1.82, 2.24) is 5.32 Å². The number of nitrogens with zero attached hydrogens (tertiary/aromatic N) is 1. The van der Waals surface area contributed by atoms with Crippen molar-refractivity contribution in [3.8, 4) is 0 Å². The highest BCUT2D eigenvalue weighted by molar-refractivity contribution is 7.85. The first-order valence-electron chi connectivity index (χ1n) is 6.19. The second-order valence-electron chi connectivity index (χ2n) is 4.52. The smallest absolute Gasteiger partial charge is 0.130 e. The molecule has 3 nitrogen and oxygen atoms in total. The second-order valence-corrected chi connectivity index (χ2v) is 6.21. The number of benzene rings is 1. The number of nitrogens with one attached hydrogen (secondary N) is 1. The molecule has 1 aliphatic rings. The van der Waals surface area contributed by atoms with Crippen LogP contribution in [-0.4, -0.2) is 35.9 Å². The van der Waals surface area contributed by atoms with Crippen molar-refractivity contribution in [2.45, 2.75) is 13.0 Å². The Morgan fingerprint density at radius 1 is 1.39 bits per heavy atom. The maximum absolute atomic E-state index is 14.0. The van der Waals surface area contributed by atoms with Gasteiger partial charge in [0, 0.05) is 52.7 Å². The Hall–Kier alpha value is -0.940. The van der Waals surface area contributed by atoms with E-state index in [9.17, 15) is 8.60 Å². The minimum Gasteiger partial charge on any atom is -0.369 e. The lowest BCUT2D eigenvalue weighted by Crippen LogP contribution is -2.38. The van der Waals surface area contributed by atoms with Gasteiger partial charge in [0.1, 0.15) is 5.82 Å². The maximum atomic E-state index is 14.0. The first-order chi connectivity index (χ1) is 8.63. The van der Waals surface area contributed by atoms with Crippen molar-refractivity contribution in [1.29, 1.82) is 0 Å². The summed E-state index contributed by atoms with van der Waals surface area (Å²) in [7, 11) is 1.12. The molecule has 1 atom stereocenters. The summed E-state index contributed by atoms with van der Waals surface area (Å²) >= 11 is 0. The highest BCUT2D eigenvalue weighted by Crippen LogP contribution is 2.29. The third kappa shape index (κ3) is 2.72. The molecule has 0 aliphatic carbocycles. The van der Waals surface area contributed by atoms with Crippen LogP contribution in [0.15, 0.2) is 18.2 Å².